The average Bonchev–Trinajstić information content (AvgIpc) is 3.34. The van der Waals surface area contributed by atoms with Crippen molar-refractivity contribution in [1.82, 2.24) is 24.7 Å². The SMILES string of the molecule is Cn1nc(Cc2ccc(N)cc2)cc1Nc1ncc(Cl)c(-c2c[nH]c3ccccc23)n1. The van der Waals surface area contributed by atoms with E-state index >= 15 is 0 Å². The zero-order valence-electron chi connectivity index (χ0n) is 16.8. The summed E-state index contributed by atoms with van der Waals surface area (Å²) >= 11 is 6.43. The molecule has 0 aliphatic heterocycles. The van der Waals surface area contributed by atoms with Crippen molar-refractivity contribution in [2.45, 2.75) is 6.42 Å². The van der Waals surface area contributed by atoms with Gasteiger partial charge in [0.15, 0.2) is 0 Å². The molecule has 8 heteroatoms. The number of benzene rings is 2. The number of nitrogens with one attached hydrogen (secondary N) is 2. The third kappa shape index (κ3) is 3.83. The van der Waals surface area contributed by atoms with Crippen molar-refractivity contribution < 1.29 is 0 Å². The van der Waals surface area contributed by atoms with E-state index in [0.717, 1.165) is 39.2 Å². The highest BCUT2D eigenvalue weighted by molar-refractivity contribution is 6.33. The van der Waals surface area contributed by atoms with Crippen LogP contribution < -0.4 is 11.1 Å². The number of hydrogen-bond acceptors (Lipinski definition) is 5. The minimum atomic E-state index is 0.451. The number of rotatable bonds is 5. The second-order valence-corrected chi connectivity index (χ2v) is 7.73. The van der Waals surface area contributed by atoms with Gasteiger partial charge < -0.3 is 16.0 Å². The number of nitrogens with zero attached hydrogens (tertiary/aromatic N) is 4. The van der Waals surface area contributed by atoms with Crippen molar-refractivity contribution in [2.75, 3.05) is 11.1 Å². The van der Waals surface area contributed by atoms with Crippen LogP contribution in [0.5, 0.6) is 0 Å². The quantitative estimate of drug-likeness (QED) is 0.344. The average molecular weight is 430 g/mol. The summed E-state index contributed by atoms with van der Waals surface area (Å²) in [6.45, 7) is 0. The molecule has 0 aliphatic carbocycles. The molecule has 4 N–H and O–H groups in total. The summed E-state index contributed by atoms with van der Waals surface area (Å²) in [4.78, 5) is 12.3. The highest BCUT2D eigenvalue weighted by Gasteiger charge is 2.14. The first-order chi connectivity index (χ1) is 15.1. The Morgan fingerprint density at radius 3 is 2.77 bits per heavy atom. The van der Waals surface area contributed by atoms with E-state index < -0.39 is 0 Å². The normalized spacial score (nSPS) is 11.2. The summed E-state index contributed by atoms with van der Waals surface area (Å²) in [7, 11) is 1.88. The van der Waals surface area contributed by atoms with Crippen molar-refractivity contribution in [3.05, 3.63) is 83.3 Å². The van der Waals surface area contributed by atoms with Crippen LogP contribution in [0.15, 0.2) is 67.0 Å². The minimum absolute atomic E-state index is 0.451. The third-order valence-corrected chi connectivity index (χ3v) is 5.40. The van der Waals surface area contributed by atoms with Gasteiger partial charge in [-0.1, -0.05) is 41.9 Å². The molecule has 0 saturated heterocycles. The predicted molar refractivity (Wildman–Crippen MR) is 124 cm³/mol. The zero-order valence-corrected chi connectivity index (χ0v) is 17.6. The van der Waals surface area contributed by atoms with Crippen molar-refractivity contribution in [1.29, 1.82) is 0 Å². The number of nitrogen functional groups attached to an aromatic ring is 1. The molecule has 5 aromatic rings. The number of nitrogens with two attached hydrogens (primary N) is 1. The molecule has 0 radical (unpaired) electrons. The standard InChI is InChI=1S/C23H20ClN7/c1-31-21(11-16(30-31)10-14-6-8-15(25)9-7-14)28-23-27-13-19(24)22(29-23)18-12-26-20-5-3-2-4-17(18)20/h2-9,11-13,26H,10,25H2,1H3,(H,27,28,29). The molecular weight excluding hydrogens is 410 g/mol. The van der Waals surface area contributed by atoms with Crippen molar-refractivity contribution in [3.8, 4) is 11.3 Å². The van der Waals surface area contributed by atoms with E-state index in [9.17, 15) is 0 Å². The van der Waals surface area contributed by atoms with Crippen LogP contribution in [0.25, 0.3) is 22.2 Å². The van der Waals surface area contributed by atoms with Gasteiger partial charge in [0.05, 0.1) is 22.6 Å². The zero-order chi connectivity index (χ0) is 21.4. The van der Waals surface area contributed by atoms with Gasteiger partial charge in [-0.3, -0.25) is 4.68 Å². The van der Waals surface area contributed by atoms with E-state index in [0.29, 0.717) is 23.1 Å². The molecule has 2 aromatic carbocycles. The molecule has 0 unspecified atom stereocenters. The van der Waals surface area contributed by atoms with E-state index in [4.69, 9.17) is 17.3 Å². The lowest BCUT2D eigenvalue weighted by Gasteiger charge is -2.07. The molecule has 154 valence electrons. The number of aromatic amines is 1. The Morgan fingerprint density at radius 1 is 1.13 bits per heavy atom. The van der Waals surface area contributed by atoms with Gasteiger partial charge in [-0.2, -0.15) is 5.10 Å². The lowest BCUT2D eigenvalue weighted by atomic mass is 10.1. The molecule has 0 spiro atoms. The Bertz CT molecular complexity index is 1370. The van der Waals surface area contributed by atoms with Crippen molar-refractivity contribution in [2.24, 2.45) is 7.05 Å². The van der Waals surface area contributed by atoms with Crippen LogP contribution in [0, 0.1) is 0 Å². The molecule has 0 bridgehead atoms. The maximum atomic E-state index is 6.43. The first-order valence-electron chi connectivity index (χ1n) is 9.80. The largest absolute Gasteiger partial charge is 0.399 e. The predicted octanol–water partition coefficient (Wildman–Crippen LogP) is 4.93. The molecule has 5 rings (SSSR count). The lowest BCUT2D eigenvalue weighted by Crippen LogP contribution is -2.03. The lowest BCUT2D eigenvalue weighted by molar-refractivity contribution is 0.756. The molecule has 0 saturated carbocycles. The third-order valence-electron chi connectivity index (χ3n) is 5.12. The Labute approximate surface area is 183 Å². The number of halogens is 1. The number of anilines is 3. The van der Waals surface area contributed by atoms with Crippen molar-refractivity contribution >= 4 is 40.0 Å². The van der Waals surface area contributed by atoms with E-state index in [1.807, 2.05) is 67.8 Å². The Hall–Kier alpha value is -3.84. The minimum Gasteiger partial charge on any atom is -0.399 e. The van der Waals surface area contributed by atoms with Crippen LogP contribution in [0.1, 0.15) is 11.3 Å². The maximum absolute atomic E-state index is 6.43. The van der Waals surface area contributed by atoms with Gasteiger partial charge >= 0.3 is 0 Å². The number of fused-ring (bicyclic) bond motifs is 1. The molecule has 3 aromatic heterocycles. The van der Waals surface area contributed by atoms with Gasteiger partial charge in [0.1, 0.15) is 5.82 Å². The summed E-state index contributed by atoms with van der Waals surface area (Å²) in [6.07, 6.45) is 4.23. The summed E-state index contributed by atoms with van der Waals surface area (Å²) in [5.41, 5.74) is 11.2. The van der Waals surface area contributed by atoms with Crippen molar-refractivity contribution in [3.63, 3.8) is 0 Å². The fourth-order valence-electron chi connectivity index (χ4n) is 3.57. The van der Waals surface area contributed by atoms with Crippen LogP contribution in [-0.2, 0) is 13.5 Å². The number of H-pyrrole nitrogens is 1. The molecule has 0 aliphatic rings. The van der Waals surface area contributed by atoms with E-state index in [-0.39, 0.29) is 0 Å². The van der Waals surface area contributed by atoms with Gasteiger partial charge in [-0.05, 0) is 23.8 Å². The van der Waals surface area contributed by atoms with Gasteiger partial charge in [0.25, 0.3) is 0 Å². The molecule has 0 atom stereocenters. The van der Waals surface area contributed by atoms with Crippen LogP contribution in [0.4, 0.5) is 17.5 Å². The summed E-state index contributed by atoms with van der Waals surface area (Å²) in [5, 5.41) is 9.39. The Kier molecular flexibility index (Phi) is 4.80. The topological polar surface area (TPSA) is 97.4 Å². The highest BCUT2D eigenvalue weighted by atomic mass is 35.5. The van der Waals surface area contributed by atoms with E-state index in [1.165, 1.54) is 0 Å². The number of aromatic nitrogens is 5. The van der Waals surface area contributed by atoms with Crippen LogP contribution in [0.3, 0.4) is 0 Å². The van der Waals surface area contributed by atoms with Crippen LogP contribution in [0.2, 0.25) is 5.02 Å². The van der Waals surface area contributed by atoms with Gasteiger partial charge in [0, 0.05) is 47.9 Å². The number of hydrogen-bond donors (Lipinski definition) is 3. The molecule has 31 heavy (non-hydrogen) atoms. The molecular formula is C23H20ClN7. The second kappa shape index (κ2) is 7.77. The van der Waals surface area contributed by atoms with Crippen LogP contribution in [-0.4, -0.2) is 24.7 Å². The fourth-order valence-corrected chi connectivity index (χ4v) is 3.77. The summed E-state index contributed by atoms with van der Waals surface area (Å²) in [6, 6.07) is 17.8. The summed E-state index contributed by atoms with van der Waals surface area (Å²) in [5.74, 6) is 1.24. The number of para-hydroxylation sites is 1. The highest BCUT2D eigenvalue weighted by Crippen LogP contribution is 2.32. The second-order valence-electron chi connectivity index (χ2n) is 7.33. The first kappa shape index (κ1) is 19.1. The Balaban J connectivity index is 1.42. The smallest absolute Gasteiger partial charge is 0.228 e. The van der Waals surface area contributed by atoms with Gasteiger partial charge in [0.2, 0.25) is 5.95 Å². The van der Waals surface area contributed by atoms with E-state index in [1.54, 1.807) is 10.9 Å². The molecule has 0 fully saturated rings. The molecule has 3 heterocycles. The van der Waals surface area contributed by atoms with Gasteiger partial charge in [-0.25, -0.2) is 9.97 Å². The van der Waals surface area contributed by atoms with E-state index in [2.05, 4.69) is 25.4 Å². The van der Waals surface area contributed by atoms with Gasteiger partial charge in [-0.15, -0.1) is 0 Å². The molecule has 7 nitrogen and oxygen atoms in total. The summed E-state index contributed by atoms with van der Waals surface area (Å²) < 4.78 is 1.77. The first-order valence-corrected chi connectivity index (χ1v) is 10.2. The Morgan fingerprint density at radius 2 is 1.94 bits per heavy atom. The monoisotopic (exact) mass is 429 g/mol. The van der Waals surface area contributed by atoms with Crippen LogP contribution >= 0.6 is 11.6 Å². The molecule has 0 amide bonds. The number of aryl methyl sites for hydroxylation is 1. The fraction of sp³-hybridized carbons (Fsp3) is 0.0870. The maximum Gasteiger partial charge on any atom is 0.228 e.